The van der Waals surface area contributed by atoms with Gasteiger partial charge in [0.2, 0.25) is 11.8 Å². The van der Waals surface area contributed by atoms with Gasteiger partial charge in [-0.2, -0.15) is 0 Å². The summed E-state index contributed by atoms with van der Waals surface area (Å²) in [6, 6.07) is 12.7. The van der Waals surface area contributed by atoms with Crippen molar-refractivity contribution in [2.45, 2.75) is 13.3 Å². The lowest BCUT2D eigenvalue weighted by Gasteiger charge is -2.17. The summed E-state index contributed by atoms with van der Waals surface area (Å²) in [7, 11) is 0. The summed E-state index contributed by atoms with van der Waals surface area (Å²) < 4.78 is 13.9. The van der Waals surface area contributed by atoms with E-state index in [1.807, 2.05) is 0 Å². The Morgan fingerprint density at radius 3 is 2.52 bits per heavy atom. The number of carbonyl (C=O) groups excluding carboxylic acids is 3. The van der Waals surface area contributed by atoms with Gasteiger partial charge in [-0.1, -0.05) is 24.3 Å². The first-order chi connectivity index (χ1) is 12.0. The Hall–Kier alpha value is -3.02. The quantitative estimate of drug-likeness (QED) is 0.870. The van der Waals surface area contributed by atoms with Crippen LogP contribution in [-0.2, 0) is 9.59 Å². The van der Waals surface area contributed by atoms with E-state index in [9.17, 15) is 18.8 Å². The van der Waals surface area contributed by atoms with E-state index in [1.54, 1.807) is 36.4 Å². The van der Waals surface area contributed by atoms with E-state index >= 15 is 0 Å². The van der Waals surface area contributed by atoms with Crippen LogP contribution in [0.2, 0.25) is 0 Å². The van der Waals surface area contributed by atoms with Crippen molar-refractivity contribution in [2.24, 2.45) is 5.92 Å². The van der Waals surface area contributed by atoms with E-state index in [4.69, 9.17) is 0 Å². The van der Waals surface area contributed by atoms with E-state index in [0.29, 0.717) is 11.3 Å². The normalized spacial score (nSPS) is 16.8. The standard InChI is InChI=1S/C19H17FN2O3/c1-12(23)14-6-2-4-8-16(14)21-19(25)13-10-18(24)22(11-13)17-9-5-3-7-15(17)20/h2-9,13H,10-11H2,1H3,(H,21,25). The van der Waals surface area contributed by atoms with Crippen LogP contribution in [0.4, 0.5) is 15.8 Å². The Morgan fingerprint density at radius 2 is 1.80 bits per heavy atom. The molecule has 1 fully saturated rings. The van der Waals surface area contributed by atoms with E-state index in [1.165, 1.54) is 24.0 Å². The first kappa shape index (κ1) is 16.8. The van der Waals surface area contributed by atoms with Crippen LogP contribution in [-0.4, -0.2) is 24.1 Å². The topological polar surface area (TPSA) is 66.5 Å². The molecule has 5 nitrogen and oxygen atoms in total. The molecule has 25 heavy (non-hydrogen) atoms. The number of ketones is 1. The van der Waals surface area contributed by atoms with Crippen molar-refractivity contribution in [3.05, 3.63) is 59.9 Å². The minimum atomic E-state index is -0.605. The van der Waals surface area contributed by atoms with Gasteiger partial charge >= 0.3 is 0 Å². The largest absolute Gasteiger partial charge is 0.325 e. The summed E-state index contributed by atoms with van der Waals surface area (Å²) in [4.78, 5) is 37.6. The number of nitrogens with one attached hydrogen (secondary N) is 1. The number of carbonyl (C=O) groups is 3. The van der Waals surface area contributed by atoms with Crippen LogP contribution in [0, 0.1) is 11.7 Å². The summed E-state index contributed by atoms with van der Waals surface area (Å²) in [6.07, 6.45) is 0.00239. The highest BCUT2D eigenvalue weighted by atomic mass is 19.1. The number of halogens is 1. The predicted molar refractivity (Wildman–Crippen MR) is 91.9 cm³/mol. The number of amides is 2. The number of hydrogen-bond donors (Lipinski definition) is 1. The number of benzene rings is 2. The van der Waals surface area contributed by atoms with Crippen molar-refractivity contribution in [1.29, 1.82) is 0 Å². The fourth-order valence-corrected chi connectivity index (χ4v) is 2.92. The van der Waals surface area contributed by atoms with Crippen molar-refractivity contribution < 1.29 is 18.8 Å². The Bertz CT molecular complexity index is 850. The second-order valence-electron chi connectivity index (χ2n) is 5.95. The second-order valence-corrected chi connectivity index (χ2v) is 5.95. The molecule has 1 heterocycles. The molecule has 1 atom stereocenters. The molecule has 3 rings (SSSR count). The zero-order valence-corrected chi connectivity index (χ0v) is 13.7. The summed E-state index contributed by atoms with van der Waals surface area (Å²) in [6.45, 7) is 1.53. The van der Waals surface area contributed by atoms with Gasteiger partial charge in [0.25, 0.3) is 0 Å². The average Bonchev–Trinajstić information content (AvgIpc) is 2.97. The number of rotatable bonds is 4. The molecule has 6 heteroatoms. The fourth-order valence-electron chi connectivity index (χ4n) is 2.92. The number of Topliss-reactive ketones (excluding diaryl/α,β-unsaturated/α-hetero) is 1. The van der Waals surface area contributed by atoms with E-state index in [2.05, 4.69) is 5.32 Å². The van der Waals surface area contributed by atoms with Gasteiger partial charge < -0.3 is 10.2 Å². The lowest BCUT2D eigenvalue weighted by molar-refractivity contribution is -0.122. The number of nitrogens with zero attached hydrogens (tertiary/aromatic N) is 1. The molecule has 2 aromatic carbocycles. The molecule has 0 aromatic heterocycles. The monoisotopic (exact) mass is 340 g/mol. The molecule has 2 aromatic rings. The predicted octanol–water partition coefficient (Wildman–Crippen LogP) is 3.02. The van der Waals surface area contributed by atoms with Gasteiger partial charge in [0.1, 0.15) is 5.82 Å². The van der Waals surface area contributed by atoms with Crippen molar-refractivity contribution in [3.63, 3.8) is 0 Å². The summed E-state index contributed by atoms with van der Waals surface area (Å²) in [5.41, 5.74) is 0.995. The van der Waals surface area contributed by atoms with Crippen LogP contribution in [0.3, 0.4) is 0 Å². The molecule has 1 N–H and O–H groups in total. The van der Waals surface area contributed by atoms with Crippen LogP contribution >= 0.6 is 0 Å². The van der Waals surface area contributed by atoms with Gasteiger partial charge in [-0.3, -0.25) is 14.4 Å². The third kappa shape index (κ3) is 3.42. The highest BCUT2D eigenvalue weighted by Crippen LogP contribution is 2.28. The third-order valence-electron chi connectivity index (χ3n) is 4.20. The lowest BCUT2D eigenvalue weighted by atomic mass is 10.1. The maximum Gasteiger partial charge on any atom is 0.229 e. The maximum absolute atomic E-state index is 13.9. The number of hydrogen-bond acceptors (Lipinski definition) is 3. The summed E-state index contributed by atoms with van der Waals surface area (Å²) in [5, 5.41) is 2.71. The van der Waals surface area contributed by atoms with Crippen LogP contribution in [0.25, 0.3) is 0 Å². The van der Waals surface area contributed by atoms with E-state index < -0.39 is 11.7 Å². The minimum absolute atomic E-state index is 0.00239. The summed E-state index contributed by atoms with van der Waals surface area (Å²) >= 11 is 0. The average molecular weight is 340 g/mol. The molecule has 0 saturated carbocycles. The first-order valence-corrected chi connectivity index (χ1v) is 7.93. The van der Waals surface area contributed by atoms with Crippen LogP contribution < -0.4 is 10.2 Å². The van der Waals surface area contributed by atoms with Crippen molar-refractivity contribution in [1.82, 2.24) is 0 Å². The Kier molecular flexibility index (Phi) is 4.61. The fraction of sp³-hybridized carbons (Fsp3) is 0.211. The SMILES string of the molecule is CC(=O)c1ccccc1NC(=O)C1CC(=O)N(c2ccccc2F)C1. The van der Waals surface area contributed by atoms with Crippen LogP contribution in [0.1, 0.15) is 23.7 Å². The zero-order valence-electron chi connectivity index (χ0n) is 13.7. The molecule has 1 aliphatic heterocycles. The van der Waals surface area contributed by atoms with Gasteiger partial charge in [-0.05, 0) is 31.2 Å². The number of para-hydroxylation sites is 2. The van der Waals surface area contributed by atoms with Crippen molar-refractivity contribution in [3.8, 4) is 0 Å². The van der Waals surface area contributed by atoms with Gasteiger partial charge in [-0.15, -0.1) is 0 Å². The summed E-state index contributed by atoms with van der Waals surface area (Å²) in [5.74, 6) is -1.93. The van der Waals surface area contributed by atoms with Gasteiger partial charge in [0.05, 0.1) is 17.3 Å². The lowest BCUT2D eigenvalue weighted by Crippen LogP contribution is -2.29. The molecule has 0 bridgehead atoms. The van der Waals surface area contributed by atoms with Gasteiger partial charge in [0.15, 0.2) is 5.78 Å². The third-order valence-corrected chi connectivity index (χ3v) is 4.20. The molecule has 1 aliphatic rings. The molecule has 1 unspecified atom stereocenters. The highest BCUT2D eigenvalue weighted by Gasteiger charge is 2.36. The minimum Gasteiger partial charge on any atom is -0.325 e. The molecular formula is C19H17FN2O3. The Morgan fingerprint density at radius 1 is 1.12 bits per heavy atom. The Balaban J connectivity index is 1.76. The molecule has 0 aliphatic carbocycles. The van der Waals surface area contributed by atoms with Crippen LogP contribution in [0.5, 0.6) is 0 Å². The zero-order chi connectivity index (χ0) is 18.0. The van der Waals surface area contributed by atoms with Gasteiger partial charge in [0, 0.05) is 18.5 Å². The van der Waals surface area contributed by atoms with Crippen molar-refractivity contribution in [2.75, 3.05) is 16.8 Å². The van der Waals surface area contributed by atoms with E-state index in [-0.39, 0.29) is 36.3 Å². The molecule has 1 saturated heterocycles. The second kappa shape index (κ2) is 6.84. The smallest absolute Gasteiger partial charge is 0.229 e. The highest BCUT2D eigenvalue weighted by molar-refractivity contribution is 6.07. The Labute approximate surface area is 144 Å². The molecule has 2 amide bonds. The molecular weight excluding hydrogens is 323 g/mol. The molecule has 0 radical (unpaired) electrons. The van der Waals surface area contributed by atoms with Crippen molar-refractivity contribution >= 4 is 29.0 Å². The van der Waals surface area contributed by atoms with Gasteiger partial charge in [-0.25, -0.2) is 4.39 Å². The maximum atomic E-state index is 13.9. The van der Waals surface area contributed by atoms with Crippen LogP contribution in [0.15, 0.2) is 48.5 Å². The molecule has 128 valence electrons. The molecule has 0 spiro atoms. The van der Waals surface area contributed by atoms with E-state index in [0.717, 1.165) is 0 Å². The first-order valence-electron chi connectivity index (χ1n) is 7.93. The number of anilines is 2.